The van der Waals surface area contributed by atoms with Gasteiger partial charge in [0.05, 0.1) is 12.2 Å². The summed E-state index contributed by atoms with van der Waals surface area (Å²) in [5.74, 6) is 0.226. The van der Waals surface area contributed by atoms with E-state index >= 15 is 0 Å². The fourth-order valence-electron chi connectivity index (χ4n) is 2.92. The second-order valence-corrected chi connectivity index (χ2v) is 7.88. The number of amides is 2. The number of nitrogens with one attached hydrogen (secondary N) is 1. The first-order valence-corrected chi connectivity index (χ1v) is 10.3. The van der Waals surface area contributed by atoms with Gasteiger partial charge in [0.15, 0.2) is 6.10 Å². The van der Waals surface area contributed by atoms with E-state index in [4.69, 9.17) is 4.74 Å². The number of rotatable bonds is 5. The first-order chi connectivity index (χ1) is 12.5. The van der Waals surface area contributed by atoms with Gasteiger partial charge in [0.1, 0.15) is 10.6 Å². The molecule has 1 unspecified atom stereocenters. The Morgan fingerprint density at radius 1 is 1.31 bits per heavy atom. The summed E-state index contributed by atoms with van der Waals surface area (Å²) in [7, 11) is 0. The van der Waals surface area contributed by atoms with Gasteiger partial charge in [-0.15, -0.1) is 11.3 Å². The minimum absolute atomic E-state index is 0.110. The van der Waals surface area contributed by atoms with Crippen molar-refractivity contribution in [2.45, 2.75) is 38.8 Å². The summed E-state index contributed by atoms with van der Waals surface area (Å²) in [4.78, 5) is 28.0. The third kappa shape index (κ3) is 3.78. The molecule has 1 aliphatic heterocycles. The normalized spacial score (nSPS) is 16.2. The number of carbonyl (C=O) groups is 2. The number of thiophene rings is 1. The number of carbonyl (C=O) groups excluding carboxylic acids is 2. The molecule has 1 aromatic carbocycles. The van der Waals surface area contributed by atoms with E-state index < -0.39 is 6.10 Å². The Morgan fingerprint density at radius 3 is 2.69 bits per heavy atom. The van der Waals surface area contributed by atoms with Gasteiger partial charge in [-0.25, -0.2) is 0 Å². The molecule has 0 saturated heterocycles. The van der Waals surface area contributed by atoms with E-state index in [0.717, 1.165) is 17.3 Å². The topological polar surface area (TPSA) is 58.6 Å². The van der Waals surface area contributed by atoms with Crippen LogP contribution in [0.25, 0.3) is 0 Å². The summed E-state index contributed by atoms with van der Waals surface area (Å²) in [6.07, 6.45) is 0.986. The van der Waals surface area contributed by atoms with Crippen molar-refractivity contribution >= 4 is 44.8 Å². The number of halogens is 1. The highest BCUT2D eigenvalue weighted by Crippen LogP contribution is 2.36. The Hall–Kier alpha value is -1.86. The van der Waals surface area contributed by atoms with Gasteiger partial charge in [-0.05, 0) is 52.4 Å². The van der Waals surface area contributed by atoms with Crippen molar-refractivity contribution in [3.63, 3.8) is 0 Å². The highest BCUT2D eigenvalue weighted by atomic mass is 79.9. The number of fused-ring (bicyclic) bond motifs is 1. The Bertz CT molecular complexity index is 804. The molecule has 0 fully saturated rings. The lowest BCUT2D eigenvalue weighted by Gasteiger charge is -2.34. The monoisotopic (exact) mass is 436 g/mol. The molecule has 1 aromatic heterocycles. The largest absolute Gasteiger partial charge is 0.477 e. The predicted molar refractivity (Wildman–Crippen MR) is 107 cm³/mol. The molecule has 3 rings (SSSR count). The van der Waals surface area contributed by atoms with E-state index in [1.165, 1.54) is 11.3 Å². The third-order valence-electron chi connectivity index (χ3n) is 4.45. The van der Waals surface area contributed by atoms with Crippen molar-refractivity contribution in [3.05, 3.63) is 45.1 Å². The number of ether oxygens (including phenoxy) is 1. The zero-order valence-electron chi connectivity index (χ0n) is 14.7. The summed E-state index contributed by atoms with van der Waals surface area (Å²) in [5.41, 5.74) is 0.685. The fourth-order valence-corrected chi connectivity index (χ4v) is 4.41. The maximum absolute atomic E-state index is 13.1. The molecule has 2 amide bonds. The average molecular weight is 437 g/mol. The van der Waals surface area contributed by atoms with Crippen molar-refractivity contribution in [1.82, 2.24) is 5.32 Å². The van der Waals surface area contributed by atoms with Crippen LogP contribution in [0.1, 0.15) is 36.4 Å². The molecule has 1 N–H and O–H groups in total. The van der Waals surface area contributed by atoms with E-state index in [1.54, 1.807) is 11.0 Å². The third-order valence-corrected chi connectivity index (χ3v) is 6.28. The summed E-state index contributed by atoms with van der Waals surface area (Å²) in [5, 5.41) is 4.88. The molecule has 26 heavy (non-hydrogen) atoms. The SMILES string of the molecule is CCC(CC)NC(=O)C1CN(C(=O)c2sccc2Br)c2ccccc2O1. The minimum atomic E-state index is -0.729. The zero-order chi connectivity index (χ0) is 18.7. The van der Waals surface area contributed by atoms with E-state index in [1.807, 2.05) is 43.5 Å². The van der Waals surface area contributed by atoms with E-state index in [-0.39, 0.29) is 24.4 Å². The molecule has 0 saturated carbocycles. The maximum Gasteiger partial charge on any atom is 0.269 e. The van der Waals surface area contributed by atoms with Crippen LogP contribution in [0.4, 0.5) is 5.69 Å². The number of anilines is 1. The van der Waals surface area contributed by atoms with Crippen molar-refractivity contribution in [2.24, 2.45) is 0 Å². The lowest BCUT2D eigenvalue weighted by atomic mass is 10.1. The lowest BCUT2D eigenvalue weighted by molar-refractivity contribution is -0.128. The summed E-state index contributed by atoms with van der Waals surface area (Å²) in [6.45, 7) is 4.26. The molecule has 138 valence electrons. The second kappa shape index (κ2) is 8.22. The van der Waals surface area contributed by atoms with Crippen LogP contribution in [0.3, 0.4) is 0 Å². The summed E-state index contributed by atoms with van der Waals surface area (Å²) in [6, 6.07) is 9.28. The number of nitrogens with zero attached hydrogens (tertiary/aromatic N) is 1. The number of hydrogen-bond acceptors (Lipinski definition) is 4. The quantitative estimate of drug-likeness (QED) is 0.762. The van der Waals surface area contributed by atoms with Crippen LogP contribution < -0.4 is 15.0 Å². The van der Waals surface area contributed by atoms with Crippen molar-refractivity contribution in [2.75, 3.05) is 11.4 Å². The molecule has 0 radical (unpaired) electrons. The number of para-hydroxylation sites is 2. The number of benzene rings is 1. The first-order valence-electron chi connectivity index (χ1n) is 8.66. The van der Waals surface area contributed by atoms with Crippen molar-refractivity contribution in [1.29, 1.82) is 0 Å². The Balaban J connectivity index is 1.88. The molecule has 5 nitrogen and oxygen atoms in total. The van der Waals surface area contributed by atoms with Gasteiger partial charge in [-0.3, -0.25) is 14.5 Å². The molecule has 2 aromatic rings. The van der Waals surface area contributed by atoms with Gasteiger partial charge >= 0.3 is 0 Å². The van der Waals surface area contributed by atoms with Gasteiger partial charge < -0.3 is 10.1 Å². The van der Waals surface area contributed by atoms with Gasteiger partial charge in [0.2, 0.25) is 0 Å². The molecule has 1 aliphatic rings. The highest BCUT2D eigenvalue weighted by Gasteiger charge is 2.35. The standard InChI is InChI=1S/C19H21BrN2O3S/c1-3-12(4-2)21-18(23)16-11-22(14-7-5-6-8-15(14)25-16)19(24)17-13(20)9-10-26-17/h5-10,12,16H,3-4,11H2,1-2H3,(H,21,23). The maximum atomic E-state index is 13.1. The minimum Gasteiger partial charge on any atom is -0.477 e. The zero-order valence-corrected chi connectivity index (χ0v) is 17.1. The lowest BCUT2D eigenvalue weighted by Crippen LogP contribution is -2.52. The van der Waals surface area contributed by atoms with Crippen molar-refractivity contribution in [3.8, 4) is 5.75 Å². The van der Waals surface area contributed by atoms with Gasteiger partial charge in [-0.1, -0.05) is 26.0 Å². The van der Waals surface area contributed by atoms with Crippen LogP contribution in [-0.4, -0.2) is 30.5 Å². The van der Waals surface area contributed by atoms with Gasteiger partial charge in [0, 0.05) is 10.5 Å². The average Bonchev–Trinajstić information content (AvgIpc) is 3.10. The molecule has 0 spiro atoms. The van der Waals surface area contributed by atoms with Crippen LogP contribution in [0.15, 0.2) is 40.2 Å². The van der Waals surface area contributed by atoms with E-state index in [0.29, 0.717) is 16.3 Å². The van der Waals surface area contributed by atoms with E-state index in [2.05, 4.69) is 21.2 Å². The second-order valence-electron chi connectivity index (χ2n) is 6.11. The van der Waals surface area contributed by atoms with Gasteiger partial charge in [-0.2, -0.15) is 0 Å². The predicted octanol–water partition coefficient (Wildman–Crippen LogP) is 4.22. The Labute approximate surface area is 165 Å². The molecular weight excluding hydrogens is 416 g/mol. The van der Waals surface area contributed by atoms with Crippen LogP contribution in [0.2, 0.25) is 0 Å². The molecule has 1 atom stereocenters. The van der Waals surface area contributed by atoms with Crippen LogP contribution in [0, 0.1) is 0 Å². The molecular formula is C19H21BrN2O3S. The van der Waals surface area contributed by atoms with Gasteiger partial charge in [0.25, 0.3) is 11.8 Å². The summed E-state index contributed by atoms with van der Waals surface area (Å²) >= 11 is 4.80. The highest BCUT2D eigenvalue weighted by molar-refractivity contribution is 9.10. The molecule has 0 bridgehead atoms. The summed E-state index contributed by atoms with van der Waals surface area (Å²) < 4.78 is 6.66. The molecule has 7 heteroatoms. The molecule has 0 aliphatic carbocycles. The van der Waals surface area contributed by atoms with E-state index in [9.17, 15) is 9.59 Å². The Kier molecular flexibility index (Phi) is 5.98. The smallest absolute Gasteiger partial charge is 0.269 e. The Morgan fingerprint density at radius 2 is 2.04 bits per heavy atom. The van der Waals surface area contributed by atoms with Crippen LogP contribution >= 0.6 is 27.3 Å². The molecule has 2 heterocycles. The fraction of sp³-hybridized carbons (Fsp3) is 0.368. The van der Waals surface area contributed by atoms with Crippen molar-refractivity contribution < 1.29 is 14.3 Å². The van der Waals surface area contributed by atoms with Crippen LogP contribution in [0.5, 0.6) is 5.75 Å². The number of hydrogen-bond donors (Lipinski definition) is 1. The van der Waals surface area contributed by atoms with Crippen LogP contribution in [-0.2, 0) is 4.79 Å². The first kappa shape index (κ1) is 18.9.